The quantitative estimate of drug-likeness (QED) is 0.700. The van der Waals surface area contributed by atoms with Crippen molar-refractivity contribution in [2.45, 2.75) is 19.9 Å². The zero-order valence-electron chi connectivity index (χ0n) is 14.1. The van der Waals surface area contributed by atoms with Crippen LogP contribution in [0, 0.1) is 5.82 Å². The number of imidazole rings is 1. The van der Waals surface area contributed by atoms with Gasteiger partial charge in [0.2, 0.25) is 5.91 Å². The van der Waals surface area contributed by atoms with Gasteiger partial charge in [0.25, 0.3) is 0 Å². The highest BCUT2D eigenvalue weighted by Crippen LogP contribution is 2.19. The fraction of sp³-hybridized carbons (Fsp3) is 0.200. The van der Waals surface area contributed by atoms with E-state index in [2.05, 4.69) is 16.9 Å². The average molecular weight is 337 g/mol. The van der Waals surface area contributed by atoms with Crippen LogP contribution in [0.3, 0.4) is 0 Å². The molecule has 2 aromatic carbocycles. The van der Waals surface area contributed by atoms with Gasteiger partial charge in [-0.25, -0.2) is 9.37 Å². The monoisotopic (exact) mass is 337 g/mol. The van der Waals surface area contributed by atoms with E-state index in [1.807, 2.05) is 34.9 Å². The topological polar surface area (TPSA) is 46.9 Å². The summed E-state index contributed by atoms with van der Waals surface area (Å²) in [5, 5.41) is 2.81. The fourth-order valence-corrected chi connectivity index (χ4v) is 2.73. The molecule has 0 unspecified atom stereocenters. The first-order valence-electron chi connectivity index (χ1n) is 8.17. The Morgan fingerprint density at radius 1 is 1.20 bits per heavy atom. The minimum atomic E-state index is -0.234. The molecular formula is C20H20FN3O. The molecule has 0 radical (unpaired) electrons. The normalized spacial score (nSPS) is 10.8. The Balaban J connectivity index is 1.88. The van der Waals surface area contributed by atoms with E-state index < -0.39 is 0 Å². The van der Waals surface area contributed by atoms with E-state index in [0.29, 0.717) is 30.6 Å². The molecule has 1 N–H and O–H groups in total. The number of nitrogens with zero attached hydrogens (tertiary/aromatic N) is 2. The van der Waals surface area contributed by atoms with Crippen LogP contribution in [0.1, 0.15) is 18.3 Å². The number of fused-ring (bicyclic) bond motifs is 1. The average Bonchev–Trinajstić information content (AvgIpc) is 2.94. The van der Waals surface area contributed by atoms with Crippen LogP contribution in [0.5, 0.6) is 0 Å². The second kappa shape index (κ2) is 7.30. The van der Waals surface area contributed by atoms with Crippen molar-refractivity contribution in [3.63, 3.8) is 0 Å². The molecule has 0 fully saturated rings. The first-order valence-corrected chi connectivity index (χ1v) is 8.17. The first kappa shape index (κ1) is 16.9. The van der Waals surface area contributed by atoms with Gasteiger partial charge in [-0.05, 0) is 25.1 Å². The highest BCUT2D eigenvalue weighted by Gasteiger charge is 2.13. The van der Waals surface area contributed by atoms with Crippen molar-refractivity contribution in [2.24, 2.45) is 0 Å². The Labute approximate surface area is 146 Å². The van der Waals surface area contributed by atoms with E-state index in [9.17, 15) is 9.18 Å². The van der Waals surface area contributed by atoms with Crippen LogP contribution >= 0.6 is 0 Å². The lowest BCUT2D eigenvalue weighted by Crippen LogP contribution is -2.26. The van der Waals surface area contributed by atoms with Crippen molar-refractivity contribution in [1.29, 1.82) is 0 Å². The van der Waals surface area contributed by atoms with E-state index >= 15 is 0 Å². The van der Waals surface area contributed by atoms with Crippen LogP contribution in [0.15, 0.2) is 60.7 Å². The summed E-state index contributed by atoms with van der Waals surface area (Å²) < 4.78 is 16.1. The molecule has 1 heterocycles. The van der Waals surface area contributed by atoms with Gasteiger partial charge in [0, 0.05) is 24.1 Å². The van der Waals surface area contributed by atoms with E-state index in [1.165, 1.54) is 6.07 Å². The Bertz CT molecular complexity index is 930. The third-order valence-electron chi connectivity index (χ3n) is 4.04. The van der Waals surface area contributed by atoms with Crippen LogP contribution in [0.2, 0.25) is 0 Å². The molecule has 0 spiro atoms. The summed E-state index contributed by atoms with van der Waals surface area (Å²) in [4.78, 5) is 16.3. The molecule has 25 heavy (non-hydrogen) atoms. The number of benzene rings is 2. The molecule has 0 atom stereocenters. The SMILES string of the molecule is C=C(C)C(=O)NCCc1nc2ccccc2n1Cc1ccccc1F. The predicted octanol–water partition coefficient (Wildman–Crippen LogP) is 3.46. The van der Waals surface area contributed by atoms with E-state index in [1.54, 1.807) is 19.1 Å². The van der Waals surface area contributed by atoms with Crippen molar-refractivity contribution in [3.8, 4) is 0 Å². The van der Waals surface area contributed by atoms with Gasteiger partial charge in [-0.2, -0.15) is 0 Å². The summed E-state index contributed by atoms with van der Waals surface area (Å²) in [5.41, 5.74) is 2.89. The Hall–Kier alpha value is -2.95. The van der Waals surface area contributed by atoms with Gasteiger partial charge in [0.05, 0.1) is 17.6 Å². The number of nitrogens with one attached hydrogen (secondary N) is 1. The van der Waals surface area contributed by atoms with Crippen molar-refractivity contribution in [3.05, 3.63) is 77.9 Å². The second-order valence-corrected chi connectivity index (χ2v) is 5.98. The molecule has 5 heteroatoms. The summed E-state index contributed by atoms with van der Waals surface area (Å²) in [6, 6.07) is 14.5. The van der Waals surface area contributed by atoms with Gasteiger partial charge in [0.15, 0.2) is 0 Å². The first-order chi connectivity index (χ1) is 12.1. The van der Waals surface area contributed by atoms with Crippen molar-refractivity contribution < 1.29 is 9.18 Å². The van der Waals surface area contributed by atoms with Crippen LogP contribution in [0.4, 0.5) is 4.39 Å². The molecule has 0 bridgehead atoms. The molecule has 0 saturated carbocycles. The lowest BCUT2D eigenvalue weighted by Gasteiger charge is -2.11. The molecule has 4 nitrogen and oxygen atoms in total. The Morgan fingerprint density at radius 2 is 1.92 bits per heavy atom. The van der Waals surface area contributed by atoms with Gasteiger partial charge in [-0.15, -0.1) is 0 Å². The number of carbonyl (C=O) groups excluding carboxylic acids is 1. The summed E-state index contributed by atoms with van der Waals surface area (Å²) in [6.45, 7) is 6.14. The molecular weight excluding hydrogens is 317 g/mol. The van der Waals surface area contributed by atoms with Crippen molar-refractivity contribution >= 4 is 16.9 Å². The minimum Gasteiger partial charge on any atom is -0.352 e. The highest BCUT2D eigenvalue weighted by atomic mass is 19.1. The maximum absolute atomic E-state index is 14.1. The molecule has 1 aromatic heterocycles. The lowest BCUT2D eigenvalue weighted by atomic mass is 10.2. The number of para-hydroxylation sites is 2. The lowest BCUT2D eigenvalue weighted by molar-refractivity contribution is -0.117. The number of carbonyl (C=O) groups is 1. The van der Waals surface area contributed by atoms with Gasteiger partial charge in [-0.3, -0.25) is 4.79 Å². The predicted molar refractivity (Wildman–Crippen MR) is 96.8 cm³/mol. The molecule has 1 amide bonds. The maximum atomic E-state index is 14.1. The molecule has 128 valence electrons. The number of aromatic nitrogens is 2. The van der Waals surface area contributed by atoms with E-state index in [0.717, 1.165) is 16.9 Å². The largest absolute Gasteiger partial charge is 0.352 e. The summed E-state index contributed by atoms with van der Waals surface area (Å²) in [6.07, 6.45) is 0.558. The van der Waals surface area contributed by atoms with E-state index in [4.69, 9.17) is 0 Å². The van der Waals surface area contributed by atoms with Crippen molar-refractivity contribution in [2.75, 3.05) is 6.54 Å². The third kappa shape index (κ3) is 3.76. The highest BCUT2D eigenvalue weighted by molar-refractivity contribution is 5.92. The smallest absolute Gasteiger partial charge is 0.246 e. The number of amides is 1. The summed E-state index contributed by atoms with van der Waals surface area (Å²) >= 11 is 0. The molecule has 0 aliphatic heterocycles. The fourth-order valence-electron chi connectivity index (χ4n) is 2.73. The van der Waals surface area contributed by atoms with Crippen LogP contribution in [-0.2, 0) is 17.8 Å². The Kier molecular flexibility index (Phi) is 4.93. The number of rotatable bonds is 6. The minimum absolute atomic E-state index is 0.170. The summed E-state index contributed by atoms with van der Waals surface area (Å²) in [7, 11) is 0. The van der Waals surface area contributed by atoms with Gasteiger partial charge in [-0.1, -0.05) is 36.9 Å². The van der Waals surface area contributed by atoms with Gasteiger partial charge < -0.3 is 9.88 Å². The molecule has 0 saturated heterocycles. The zero-order chi connectivity index (χ0) is 17.8. The molecule has 0 aliphatic carbocycles. The molecule has 0 aliphatic rings. The van der Waals surface area contributed by atoms with Crippen LogP contribution < -0.4 is 5.32 Å². The number of hydrogen-bond acceptors (Lipinski definition) is 2. The maximum Gasteiger partial charge on any atom is 0.246 e. The van der Waals surface area contributed by atoms with Gasteiger partial charge >= 0.3 is 0 Å². The second-order valence-electron chi connectivity index (χ2n) is 5.98. The standard InChI is InChI=1S/C20H20FN3O/c1-14(2)20(25)22-12-11-19-23-17-9-5-6-10-18(17)24(19)13-15-7-3-4-8-16(15)21/h3-10H,1,11-13H2,2H3,(H,22,25). The number of halogens is 1. The Morgan fingerprint density at radius 3 is 2.68 bits per heavy atom. The summed E-state index contributed by atoms with van der Waals surface area (Å²) in [5.74, 6) is 0.407. The third-order valence-corrected chi connectivity index (χ3v) is 4.04. The number of hydrogen-bond donors (Lipinski definition) is 1. The van der Waals surface area contributed by atoms with Crippen molar-refractivity contribution in [1.82, 2.24) is 14.9 Å². The zero-order valence-corrected chi connectivity index (χ0v) is 14.1. The van der Waals surface area contributed by atoms with Crippen LogP contribution in [0.25, 0.3) is 11.0 Å². The van der Waals surface area contributed by atoms with Gasteiger partial charge in [0.1, 0.15) is 11.6 Å². The van der Waals surface area contributed by atoms with E-state index in [-0.39, 0.29) is 11.7 Å². The molecule has 3 rings (SSSR count). The molecule has 3 aromatic rings. The van der Waals surface area contributed by atoms with Crippen LogP contribution in [-0.4, -0.2) is 22.0 Å².